The Balaban J connectivity index is 1.89. The Morgan fingerprint density at radius 3 is 2.67 bits per heavy atom. The molecule has 0 N–H and O–H groups in total. The normalized spacial score (nSPS) is 11.1. The molecule has 0 bridgehead atoms. The van der Waals surface area contributed by atoms with Crippen LogP contribution in [0.3, 0.4) is 0 Å². The lowest BCUT2D eigenvalue weighted by atomic mass is 10.2. The van der Waals surface area contributed by atoms with Crippen molar-refractivity contribution in [1.82, 2.24) is 4.57 Å². The van der Waals surface area contributed by atoms with Crippen molar-refractivity contribution in [2.45, 2.75) is 33.2 Å². The van der Waals surface area contributed by atoms with Gasteiger partial charge in [0.15, 0.2) is 0 Å². The molecule has 3 aromatic rings. The maximum Gasteiger partial charge on any atom is 0.128 e. The summed E-state index contributed by atoms with van der Waals surface area (Å²) in [6, 6.07) is 12.9. The van der Waals surface area contributed by atoms with Gasteiger partial charge in [-0.3, -0.25) is 0 Å². The van der Waals surface area contributed by atoms with Crippen LogP contribution in [-0.4, -0.2) is 11.2 Å². The highest BCUT2D eigenvalue weighted by atomic mass is 32.1. The molecule has 110 valence electrons. The number of benzene rings is 1. The SMILES string of the molecule is CCCOc1cccc2c1ccn2Cc1ccc(CC)s1. The molecule has 1 aromatic carbocycles. The predicted octanol–water partition coefficient (Wildman–Crippen LogP) is 5.10. The number of fused-ring (bicyclic) bond motifs is 1. The fourth-order valence-corrected chi connectivity index (χ4v) is 3.49. The Morgan fingerprint density at radius 2 is 1.90 bits per heavy atom. The van der Waals surface area contributed by atoms with E-state index in [-0.39, 0.29) is 0 Å². The van der Waals surface area contributed by atoms with Gasteiger partial charge in [-0.2, -0.15) is 0 Å². The van der Waals surface area contributed by atoms with E-state index in [4.69, 9.17) is 4.74 Å². The molecule has 21 heavy (non-hydrogen) atoms. The van der Waals surface area contributed by atoms with Crippen molar-refractivity contribution < 1.29 is 4.74 Å². The van der Waals surface area contributed by atoms with Crippen LogP contribution in [0.25, 0.3) is 10.9 Å². The number of nitrogens with zero attached hydrogens (tertiary/aromatic N) is 1. The molecule has 0 atom stereocenters. The van der Waals surface area contributed by atoms with Crippen molar-refractivity contribution in [2.24, 2.45) is 0 Å². The van der Waals surface area contributed by atoms with Crippen LogP contribution in [0.4, 0.5) is 0 Å². The van der Waals surface area contributed by atoms with E-state index in [2.05, 4.69) is 61.0 Å². The smallest absolute Gasteiger partial charge is 0.128 e. The molecule has 0 fully saturated rings. The summed E-state index contributed by atoms with van der Waals surface area (Å²) < 4.78 is 8.15. The van der Waals surface area contributed by atoms with E-state index < -0.39 is 0 Å². The monoisotopic (exact) mass is 299 g/mol. The maximum absolute atomic E-state index is 5.84. The van der Waals surface area contributed by atoms with E-state index in [9.17, 15) is 0 Å². The molecule has 0 saturated carbocycles. The second kappa shape index (κ2) is 6.35. The molecule has 2 nitrogen and oxygen atoms in total. The fraction of sp³-hybridized carbons (Fsp3) is 0.333. The highest BCUT2D eigenvalue weighted by molar-refractivity contribution is 7.11. The van der Waals surface area contributed by atoms with E-state index in [0.29, 0.717) is 0 Å². The zero-order valence-corrected chi connectivity index (χ0v) is 13.5. The summed E-state index contributed by atoms with van der Waals surface area (Å²) >= 11 is 1.91. The zero-order chi connectivity index (χ0) is 14.7. The summed E-state index contributed by atoms with van der Waals surface area (Å²) in [7, 11) is 0. The van der Waals surface area contributed by atoms with Crippen molar-refractivity contribution >= 4 is 22.2 Å². The van der Waals surface area contributed by atoms with Crippen molar-refractivity contribution in [1.29, 1.82) is 0 Å². The Kier molecular flexibility index (Phi) is 4.30. The molecule has 0 spiro atoms. The molecule has 0 radical (unpaired) electrons. The molecule has 0 aliphatic carbocycles. The summed E-state index contributed by atoms with van der Waals surface area (Å²) in [4.78, 5) is 2.86. The molecule has 0 amide bonds. The van der Waals surface area contributed by atoms with Gasteiger partial charge >= 0.3 is 0 Å². The predicted molar refractivity (Wildman–Crippen MR) is 90.5 cm³/mol. The lowest BCUT2D eigenvalue weighted by Crippen LogP contribution is -1.97. The number of aromatic nitrogens is 1. The molecule has 0 aliphatic rings. The number of ether oxygens (including phenoxy) is 1. The van der Waals surface area contributed by atoms with Gasteiger partial charge in [-0.15, -0.1) is 11.3 Å². The molecule has 0 saturated heterocycles. The van der Waals surface area contributed by atoms with Crippen LogP contribution >= 0.6 is 11.3 Å². The molecule has 2 aromatic heterocycles. The Labute approximate surface area is 130 Å². The van der Waals surface area contributed by atoms with Gasteiger partial charge in [0.2, 0.25) is 0 Å². The van der Waals surface area contributed by atoms with Crippen LogP contribution in [0, 0.1) is 0 Å². The molecule has 2 heterocycles. The van der Waals surface area contributed by atoms with Crippen molar-refractivity contribution in [3.8, 4) is 5.75 Å². The number of hydrogen-bond acceptors (Lipinski definition) is 2. The van der Waals surface area contributed by atoms with Gasteiger partial charge in [0, 0.05) is 21.3 Å². The van der Waals surface area contributed by atoms with E-state index in [1.807, 2.05) is 11.3 Å². The second-order valence-corrected chi connectivity index (χ2v) is 6.46. The lowest BCUT2D eigenvalue weighted by Gasteiger charge is -2.07. The van der Waals surface area contributed by atoms with Crippen LogP contribution in [0.5, 0.6) is 5.75 Å². The summed E-state index contributed by atoms with van der Waals surface area (Å²) in [5.74, 6) is 0.994. The topological polar surface area (TPSA) is 14.2 Å². The van der Waals surface area contributed by atoms with E-state index >= 15 is 0 Å². The molecular formula is C18H21NOS. The standard InChI is InChI=1S/C18H21NOS/c1-3-12-20-18-7-5-6-17-16(18)10-11-19(17)13-15-9-8-14(4-2)21-15/h5-11H,3-4,12-13H2,1-2H3. The average molecular weight is 299 g/mol. The van der Waals surface area contributed by atoms with E-state index in [1.165, 1.54) is 20.7 Å². The van der Waals surface area contributed by atoms with Gasteiger partial charge in [-0.25, -0.2) is 0 Å². The van der Waals surface area contributed by atoms with Crippen LogP contribution < -0.4 is 4.74 Å². The molecule has 0 aliphatic heterocycles. The number of thiophene rings is 1. The Bertz CT molecular complexity index is 726. The average Bonchev–Trinajstić information content (AvgIpc) is 3.13. The van der Waals surface area contributed by atoms with Gasteiger partial charge in [0.25, 0.3) is 0 Å². The highest BCUT2D eigenvalue weighted by Gasteiger charge is 2.07. The highest BCUT2D eigenvalue weighted by Crippen LogP contribution is 2.28. The number of aryl methyl sites for hydroxylation is 1. The summed E-state index contributed by atoms with van der Waals surface area (Å²) in [6.07, 6.45) is 4.31. The minimum atomic E-state index is 0.773. The minimum absolute atomic E-state index is 0.773. The number of rotatable bonds is 6. The minimum Gasteiger partial charge on any atom is -0.493 e. The first-order valence-corrected chi connectivity index (χ1v) is 8.41. The number of hydrogen-bond donors (Lipinski definition) is 0. The molecular weight excluding hydrogens is 278 g/mol. The van der Waals surface area contributed by atoms with Crippen LogP contribution in [0.1, 0.15) is 30.0 Å². The summed E-state index contributed by atoms with van der Waals surface area (Å²) in [5, 5.41) is 1.21. The van der Waals surface area contributed by atoms with Crippen molar-refractivity contribution in [2.75, 3.05) is 6.61 Å². The first kappa shape index (κ1) is 14.2. The third-order valence-corrected chi connectivity index (χ3v) is 4.84. The first-order valence-electron chi connectivity index (χ1n) is 7.60. The summed E-state index contributed by atoms with van der Waals surface area (Å²) in [6.45, 7) is 6.05. The van der Waals surface area contributed by atoms with Crippen LogP contribution in [0.2, 0.25) is 0 Å². The lowest BCUT2D eigenvalue weighted by molar-refractivity contribution is 0.321. The quantitative estimate of drug-likeness (QED) is 0.617. The zero-order valence-electron chi connectivity index (χ0n) is 12.6. The Hall–Kier alpha value is -1.74. The van der Waals surface area contributed by atoms with Gasteiger partial charge in [0.05, 0.1) is 18.7 Å². The van der Waals surface area contributed by atoms with Crippen LogP contribution in [0.15, 0.2) is 42.6 Å². The first-order chi connectivity index (χ1) is 10.3. The summed E-state index contributed by atoms with van der Waals surface area (Å²) in [5.41, 5.74) is 1.25. The van der Waals surface area contributed by atoms with Crippen molar-refractivity contribution in [3.63, 3.8) is 0 Å². The van der Waals surface area contributed by atoms with Gasteiger partial charge in [-0.1, -0.05) is 19.9 Å². The van der Waals surface area contributed by atoms with E-state index in [0.717, 1.165) is 31.7 Å². The largest absolute Gasteiger partial charge is 0.493 e. The molecule has 0 unspecified atom stereocenters. The Morgan fingerprint density at radius 1 is 1.05 bits per heavy atom. The third kappa shape index (κ3) is 2.98. The maximum atomic E-state index is 5.84. The van der Waals surface area contributed by atoms with Crippen molar-refractivity contribution in [3.05, 3.63) is 52.3 Å². The van der Waals surface area contributed by atoms with Gasteiger partial charge in [-0.05, 0) is 43.2 Å². The van der Waals surface area contributed by atoms with Gasteiger partial charge in [0.1, 0.15) is 5.75 Å². The third-order valence-electron chi connectivity index (χ3n) is 3.63. The second-order valence-electron chi connectivity index (χ2n) is 5.20. The van der Waals surface area contributed by atoms with E-state index in [1.54, 1.807) is 0 Å². The van der Waals surface area contributed by atoms with Gasteiger partial charge < -0.3 is 9.30 Å². The van der Waals surface area contributed by atoms with Crippen LogP contribution in [-0.2, 0) is 13.0 Å². The molecule has 3 rings (SSSR count). The fourth-order valence-electron chi connectivity index (χ4n) is 2.54. The molecule has 3 heteroatoms.